The summed E-state index contributed by atoms with van der Waals surface area (Å²) in [6.45, 7) is 6.65. The highest BCUT2D eigenvalue weighted by Crippen LogP contribution is 2.21. The van der Waals surface area contributed by atoms with E-state index in [1.54, 1.807) is 20.8 Å². The van der Waals surface area contributed by atoms with E-state index in [2.05, 4.69) is 9.72 Å². The van der Waals surface area contributed by atoms with Crippen molar-refractivity contribution < 1.29 is 33.4 Å². The fourth-order valence-electron chi connectivity index (χ4n) is 2.85. The van der Waals surface area contributed by atoms with E-state index in [0.717, 1.165) is 0 Å². The monoisotopic (exact) mass is 401 g/mol. The topological polar surface area (TPSA) is 112 Å². The number of aromatic nitrogens is 1. The number of esters is 3. The van der Waals surface area contributed by atoms with Crippen LogP contribution >= 0.6 is 0 Å². The quantitative estimate of drug-likeness (QED) is 0.431. The van der Waals surface area contributed by atoms with Crippen molar-refractivity contribution in [2.45, 2.75) is 33.8 Å². The van der Waals surface area contributed by atoms with Gasteiger partial charge < -0.3 is 19.2 Å². The molecule has 0 saturated heterocycles. The van der Waals surface area contributed by atoms with E-state index in [9.17, 15) is 19.2 Å². The van der Waals surface area contributed by atoms with Gasteiger partial charge in [-0.3, -0.25) is 4.79 Å². The van der Waals surface area contributed by atoms with Crippen LogP contribution in [-0.2, 0) is 14.2 Å². The van der Waals surface area contributed by atoms with Gasteiger partial charge in [0.15, 0.2) is 6.10 Å². The molecule has 0 spiro atoms. The Balaban J connectivity index is 2.15. The second kappa shape index (κ2) is 9.18. The van der Waals surface area contributed by atoms with Crippen molar-refractivity contribution in [1.82, 2.24) is 4.98 Å². The lowest BCUT2D eigenvalue weighted by atomic mass is 10.1. The molecule has 0 unspecified atom stereocenters. The molecule has 154 valence electrons. The Bertz CT molecular complexity index is 941. The van der Waals surface area contributed by atoms with Crippen LogP contribution < -0.4 is 0 Å². The SMILES string of the molecule is CCOC(=O)c1c(C)[nH]c(C(=O)[C@H](C)OC(=O)c2ccc(C(=O)OC)cc2)c1C. The van der Waals surface area contributed by atoms with Gasteiger partial charge in [0.2, 0.25) is 5.78 Å². The second-order valence-corrected chi connectivity index (χ2v) is 6.33. The van der Waals surface area contributed by atoms with Gasteiger partial charge in [0.1, 0.15) is 0 Å². The highest BCUT2D eigenvalue weighted by Gasteiger charge is 2.27. The summed E-state index contributed by atoms with van der Waals surface area (Å²) in [7, 11) is 1.26. The summed E-state index contributed by atoms with van der Waals surface area (Å²) in [5.41, 5.74) is 1.90. The maximum Gasteiger partial charge on any atom is 0.340 e. The number of methoxy groups -OCH3 is 1. The van der Waals surface area contributed by atoms with E-state index in [4.69, 9.17) is 9.47 Å². The first-order chi connectivity index (χ1) is 13.7. The molecule has 0 saturated carbocycles. The van der Waals surface area contributed by atoms with Crippen LogP contribution in [0.4, 0.5) is 0 Å². The van der Waals surface area contributed by atoms with Gasteiger partial charge >= 0.3 is 17.9 Å². The van der Waals surface area contributed by atoms with Crippen molar-refractivity contribution in [3.05, 3.63) is 57.9 Å². The molecule has 8 nitrogen and oxygen atoms in total. The van der Waals surface area contributed by atoms with Crippen LogP contribution in [0.5, 0.6) is 0 Å². The number of Topliss-reactive ketones (excluding diaryl/α,β-unsaturated/α-hetero) is 1. The molecular weight excluding hydrogens is 378 g/mol. The number of ether oxygens (including phenoxy) is 3. The summed E-state index contributed by atoms with van der Waals surface area (Å²) in [6.07, 6.45) is -1.09. The number of aromatic amines is 1. The van der Waals surface area contributed by atoms with Gasteiger partial charge in [-0.25, -0.2) is 14.4 Å². The third kappa shape index (κ3) is 4.71. The molecule has 0 radical (unpaired) electrons. The Morgan fingerprint density at radius 1 is 0.966 bits per heavy atom. The molecule has 0 aliphatic carbocycles. The number of benzene rings is 1. The first-order valence-electron chi connectivity index (χ1n) is 9.01. The molecule has 8 heteroatoms. The normalized spacial score (nSPS) is 11.5. The zero-order chi connectivity index (χ0) is 21.7. The third-order valence-electron chi connectivity index (χ3n) is 4.36. The maximum atomic E-state index is 12.7. The van der Waals surface area contributed by atoms with Gasteiger partial charge in [-0.15, -0.1) is 0 Å². The van der Waals surface area contributed by atoms with E-state index in [-0.39, 0.29) is 23.4 Å². The third-order valence-corrected chi connectivity index (χ3v) is 4.36. The minimum absolute atomic E-state index is 0.184. The van der Waals surface area contributed by atoms with Gasteiger partial charge in [0.25, 0.3) is 0 Å². The molecule has 1 aromatic carbocycles. The van der Waals surface area contributed by atoms with Crippen molar-refractivity contribution in [3.63, 3.8) is 0 Å². The Morgan fingerprint density at radius 2 is 1.52 bits per heavy atom. The smallest absolute Gasteiger partial charge is 0.340 e. The summed E-state index contributed by atoms with van der Waals surface area (Å²) in [5.74, 6) is -2.23. The van der Waals surface area contributed by atoms with Gasteiger partial charge in [-0.05, 0) is 57.5 Å². The highest BCUT2D eigenvalue weighted by molar-refractivity contribution is 6.04. The van der Waals surface area contributed by atoms with Crippen molar-refractivity contribution in [2.24, 2.45) is 0 Å². The standard InChI is InChI=1S/C21H23NO7/c1-6-28-21(26)16-11(2)17(22-12(16)3)18(23)13(4)29-20(25)15-9-7-14(8-10-15)19(24)27-5/h7-10,13,22H,6H2,1-5H3/t13-/m0/s1. The summed E-state index contributed by atoms with van der Waals surface area (Å²) in [4.78, 5) is 51.5. The number of hydrogen-bond donors (Lipinski definition) is 1. The molecule has 29 heavy (non-hydrogen) atoms. The fourth-order valence-corrected chi connectivity index (χ4v) is 2.85. The van der Waals surface area contributed by atoms with Crippen molar-refractivity contribution in [1.29, 1.82) is 0 Å². The number of nitrogens with one attached hydrogen (secondary N) is 1. The number of H-pyrrole nitrogens is 1. The Labute approximate surface area is 168 Å². The maximum absolute atomic E-state index is 12.7. The van der Waals surface area contributed by atoms with Crippen molar-refractivity contribution >= 4 is 23.7 Å². The van der Waals surface area contributed by atoms with Crippen LogP contribution in [0.15, 0.2) is 24.3 Å². The summed E-state index contributed by atoms with van der Waals surface area (Å²) >= 11 is 0. The number of ketones is 1. The van der Waals surface area contributed by atoms with E-state index in [1.165, 1.54) is 38.3 Å². The van der Waals surface area contributed by atoms with E-state index < -0.39 is 29.8 Å². The van der Waals surface area contributed by atoms with Crippen LogP contribution in [0.1, 0.15) is 66.7 Å². The Hall–Kier alpha value is -3.42. The summed E-state index contributed by atoms with van der Waals surface area (Å²) in [6, 6.07) is 5.68. The van der Waals surface area contributed by atoms with Crippen LogP contribution in [0, 0.1) is 13.8 Å². The lowest BCUT2D eigenvalue weighted by Crippen LogP contribution is -2.25. The van der Waals surface area contributed by atoms with Crippen LogP contribution in [0.25, 0.3) is 0 Å². The number of aryl methyl sites for hydroxylation is 1. The van der Waals surface area contributed by atoms with E-state index in [0.29, 0.717) is 16.8 Å². The van der Waals surface area contributed by atoms with Gasteiger partial charge in [-0.2, -0.15) is 0 Å². The van der Waals surface area contributed by atoms with Crippen LogP contribution in [0.2, 0.25) is 0 Å². The molecule has 0 fully saturated rings. The van der Waals surface area contributed by atoms with Crippen LogP contribution in [-0.4, -0.2) is 48.5 Å². The summed E-state index contributed by atoms with van der Waals surface area (Å²) in [5, 5.41) is 0. The molecule has 2 aromatic rings. The van der Waals surface area contributed by atoms with Gasteiger partial charge in [0, 0.05) is 5.69 Å². The molecule has 1 heterocycles. The summed E-state index contributed by atoms with van der Waals surface area (Å²) < 4.78 is 14.9. The van der Waals surface area contributed by atoms with E-state index in [1.807, 2.05) is 0 Å². The van der Waals surface area contributed by atoms with E-state index >= 15 is 0 Å². The molecule has 0 aliphatic heterocycles. The zero-order valence-corrected chi connectivity index (χ0v) is 17.0. The minimum Gasteiger partial charge on any atom is -0.465 e. The molecule has 1 aromatic heterocycles. The number of carbonyl (C=O) groups excluding carboxylic acids is 4. The Morgan fingerprint density at radius 3 is 2.03 bits per heavy atom. The van der Waals surface area contributed by atoms with Crippen molar-refractivity contribution in [3.8, 4) is 0 Å². The van der Waals surface area contributed by atoms with Gasteiger partial charge in [0.05, 0.1) is 36.1 Å². The molecule has 0 amide bonds. The highest BCUT2D eigenvalue weighted by atomic mass is 16.5. The van der Waals surface area contributed by atoms with Crippen LogP contribution in [0.3, 0.4) is 0 Å². The minimum atomic E-state index is -1.09. The first kappa shape index (κ1) is 21.9. The average Bonchev–Trinajstić information content (AvgIpc) is 3.00. The molecular formula is C21H23NO7. The lowest BCUT2D eigenvalue weighted by Gasteiger charge is -2.12. The molecule has 2 rings (SSSR count). The number of hydrogen-bond acceptors (Lipinski definition) is 7. The lowest BCUT2D eigenvalue weighted by molar-refractivity contribution is 0.0316. The molecule has 1 atom stereocenters. The van der Waals surface area contributed by atoms with Gasteiger partial charge in [-0.1, -0.05) is 0 Å². The average molecular weight is 401 g/mol. The second-order valence-electron chi connectivity index (χ2n) is 6.33. The zero-order valence-electron chi connectivity index (χ0n) is 17.0. The predicted octanol–water partition coefficient (Wildman–Crippen LogP) is 3.02. The molecule has 0 aliphatic rings. The first-order valence-corrected chi connectivity index (χ1v) is 9.01. The number of carbonyl (C=O) groups is 4. The fraction of sp³-hybridized carbons (Fsp3) is 0.333. The number of rotatable bonds is 7. The Kier molecular flexibility index (Phi) is 6.93. The molecule has 1 N–H and O–H groups in total. The largest absolute Gasteiger partial charge is 0.465 e. The van der Waals surface area contributed by atoms with Crippen molar-refractivity contribution in [2.75, 3.05) is 13.7 Å². The molecule has 0 bridgehead atoms. The predicted molar refractivity (Wildman–Crippen MR) is 103 cm³/mol.